The van der Waals surface area contributed by atoms with Crippen LogP contribution in [0.1, 0.15) is 27.2 Å². The van der Waals surface area contributed by atoms with Gasteiger partial charge in [-0.3, -0.25) is 9.36 Å². The Morgan fingerprint density at radius 2 is 1.96 bits per heavy atom. The largest absolute Gasteiger partial charge is 0.508 e. The monoisotopic (exact) mass is 384 g/mol. The SMILES string of the molecule is Cc1ccc(O)c(C)c1-n1c(N)c(C(N)=O)c2cc(C)n3nc(Cl)nc3c21. The first-order valence-electron chi connectivity index (χ1n) is 8.17. The number of rotatable bonds is 2. The van der Waals surface area contributed by atoms with Crippen molar-refractivity contribution in [1.29, 1.82) is 0 Å². The van der Waals surface area contributed by atoms with E-state index in [2.05, 4.69) is 10.1 Å². The Kier molecular flexibility index (Phi) is 3.57. The second-order valence-electron chi connectivity index (χ2n) is 6.50. The highest BCUT2D eigenvalue weighted by molar-refractivity contribution is 6.28. The molecule has 0 radical (unpaired) electrons. The van der Waals surface area contributed by atoms with E-state index in [0.717, 1.165) is 11.3 Å². The van der Waals surface area contributed by atoms with Gasteiger partial charge < -0.3 is 16.6 Å². The molecule has 0 aliphatic carbocycles. The summed E-state index contributed by atoms with van der Waals surface area (Å²) in [7, 11) is 0. The summed E-state index contributed by atoms with van der Waals surface area (Å²) in [4.78, 5) is 16.5. The van der Waals surface area contributed by atoms with Crippen LogP contribution in [0.2, 0.25) is 5.28 Å². The van der Waals surface area contributed by atoms with E-state index in [1.807, 2.05) is 13.8 Å². The topological polar surface area (TPSA) is 124 Å². The van der Waals surface area contributed by atoms with Gasteiger partial charge in [-0.2, -0.15) is 4.98 Å². The standard InChI is InChI=1S/C18H17ClN6O2/c1-7-4-5-11(26)9(3)13(7)24-14-10(12(15(24)20)16(21)27)6-8(2)25-17(14)22-18(19)23-25/h4-6,26H,20H2,1-3H3,(H2,21,27). The molecule has 9 heteroatoms. The van der Waals surface area contributed by atoms with Crippen LogP contribution in [0.15, 0.2) is 18.2 Å². The molecule has 4 aromatic rings. The molecule has 1 aromatic carbocycles. The number of halogens is 1. The van der Waals surface area contributed by atoms with Gasteiger partial charge in [-0.05, 0) is 50.1 Å². The molecule has 1 amide bonds. The number of aromatic hydroxyl groups is 1. The minimum Gasteiger partial charge on any atom is -0.508 e. The average Bonchev–Trinajstić information content (AvgIpc) is 3.10. The van der Waals surface area contributed by atoms with Crippen molar-refractivity contribution in [3.05, 3.63) is 45.9 Å². The van der Waals surface area contributed by atoms with E-state index in [0.29, 0.717) is 27.8 Å². The molecule has 0 bridgehead atoms. The lowest BCUT2D eigenvalue weighted by molar-refractivity contribution is 0.100. The van der Waals surface area contributed by atoms with E-state index in [9.17, 15) is 9.90 Å². The lowest BCUT2D eigenvalue weighted by Crippen LogP contribution is -2.14. The Labute approximate surface area is 159 Å². The fraction of sp³-hybridized carbons (Fsp3) is 0.167. The number of primary amides is 1. The minimum absolute atomic E-state index is 0.0712. The number of hydrogen-bond donors (Lipinski definition) is 3. The van der Waals surface area contributed by atoms with Crippen molar-refractivity contribution in [2.75, 3.05) is 5.73 Å². The zero-order valence-corrected chi connectivity index (χ0v) is 15.7. The van der Waals surface area contributed by atoms with Crippen LogP contribution in [0, 0.1) is 20.8 Å². The third-order valence-electron chi connectivity index (χ3n) is 4.80. The second kappa shape index (κ2) is 5.62. The number of aromatic nitrogens is 4. The maximum Gasteiger partial charge on any atom is 0.253 e. The molecule has 0 aliphatic rings. The summed E-state index contributed by atoms with van der Waals surface area (Å²) in [5.74, 6) is -0.373. The molecule has 8 nitrogen and oxygen atoms in total. The fourth-order valence-electron chi connectivity index (χ4n) is 3.59. The Bertz CT molecular complexity index is 1270. The van der Waals surface area contributed by atoms with Gasteiger partial charge in [0.2, 0.25) is 5.28 Å². The van der Waals surface area contributed by atoms with E-state index in [1.54, 1.807) is 34.2 Å². The van der Waals surface area contributed by atoms with Crippen LogP contribution in [0.4, 0.5) is 5.82 Å². The minimum atomic E-state index is -0.652. The Hall–Kier alpha value is -3.26. The highest BCUT2D eigenvalue weighted by Crippen LogP contribution is 2.38. The smallest absolute Gasteiger partial charge is 0.253 e. The molecule has 3 aromatic heterocycles. The van der Waals surface area contributed by atoms with Crippen LogP contribution >= 0.6 is 11.6 Å². The maximum atomic E-state index is 12.2. The summed E-state index contributed by atoms with van der Waals surface area (Å²) >= 11 is 6.04. The summed E-state index contributed by atoms with van der Waals surface area (Å²) in [6.07, 6.45) is 0. The average molecular weight is 385 g/mol. The number of nitrogens with two attached hydrogens (primary N) is 2. The van der Waals surface area contributed by atoms with Crippen LogP contribution in [-0.4, -0.2) is 30.2 Å². The predicted octanol–water partition coefficient (Wildman–Crippen LogP) is 2.64. The van der Waals surface area contributed by atoms with Crippen molar-refractivity contribution in [2.45, 2.75) is 20.8 Å². The maximum absolute atomic E-state index is 12.2. The van der Waals surface area contributed by atoms with Crippen LogP contribution in [-0.2, 0) is 0 Å². The number of benzene rings is 1. The number of pyridine rings is 1. The fourth-order valence-corrected chi connectivity index (χ4v) is 3.74. The van der Waals surface area contributed by atoms with Crippen LogP contribution in [0.25, 0.3) is 22.2 Å². The molecule has 0 saturated heterocycles. The summed E-state index contributed by atoms with van der Waals surface area (Å²) in [6.45, 7) is 5.48. The van der Waals surface area contributed by atoms with Crippen LogP contribution in [0.5, 0.6) is 5.75 Å². The van der Waals surface area contributed by atoms with E-state index in [-0.39, 0.29) is 22.4 Å². The quantitative estimate of drug-likeness (QED) is 0.490. The summed E-state index contributed by atoms with van der Waals surface area (Å²) in [5, 5.41) is 15.0. The molecule has 3 heterocycles. The molecular weight excluding hydrogens is 368 g/mol. The van der Waals surface area contributed by atoms with Gasteiger partial charge >= 0.3 is 0 Å². The zero-order valence-electron chi connectivity index (χ0n) is 14.9. The van der Waals surface area contributed by atoms with Crippen LogP contribution < -0.4 is 11.5 Å². The van der Waals surface area contributed by atoms with Gasteiger partial charge in [0.25, 0.3) is 5.91 Å². The molecule has 138 valence electrons. The Morgan fingerprint density at radius 3 is 2.63 bits per heavy atom. The highest BCUT2D eigenvalue weighted by atomic mass is 35.5. The second-order valence-corrected chi connectivity index (χ2v) is 6.84. The molecule has 0 fully saturated rings. The number of aryl methyl sites for hydroxylation is 2. The van der Waals surface area contributed by atoms with Gasteiger partial charge in [0.15, 0.2) is 5.65 Å². The number of phenolic OH excluding ortho intramolecular Hbond substituents is 1. The summed E-state index contributed by atoms with van der Waals surface area (Å²) in [6, 6.07) is 5.15. The normalized spacial score (nSPS) is 11.6. The number of phenols is 1. The molecule has 5 N–H and O–H groups in total. The third-order valence-corrected chi connectivity index (χ3v) is 4.96. The Balaban J connectivity index is 2.32. The van der Waals surface area contributed by atoms with Gasteiger partial charge in [-0.15, -0.1) is 5.10 Å². The number of carbonyl (C=O) groups is 1. The number of fused-ring (bicyclic) bond motifs is 3. The van der Waals surface area contributed by atoms with E-state index in [4.69, 9.17) is 23.1 Å². The number of nitrogen functional groups attached to an aromatic ring is 1. The molecule has 0 atom stereocenters. The van der Waals surface area contributed by atoms with E-state index < -0.39 is 5.91 Å². The van der Waals surface area contributed by atoms with Crippen molar-refractivity contribution in [3.63, 3.8) is 0 Å². The van der Waals surface area contributed by atoms with Crippen molar-refractivity contribution < 1.29 is 9.90 Å². The number of carbonyl (C=O) groups excluding carboxylic acids is 1. The van der Waals surface area contributed by atoms with Crippen molar-refractivity contribution >= 4 is 39.9 Å². The van der Waals surface area contributed by atoms with Crippen molar-refractivity contribution in [3.8, 4) is 11.4 Å². The van der Waals surface area contributed by atoms with Crippen molar-refractivity contribution in [2.24, 2.45) is 5.73 Å². The first-order valence-corrected chi connectivity index (χ1v) is 8.55. The predicted molar refractivity (Wildman–Crippen MR) is 104 cm³/mol. The van der Waals surface area contributed by atoms with Gasteiger partial charge in [0.1, 0.15) is 17.1 Å². The Morgan fingerprint density at radius 1 is 1.26 bits per heavy atom. The van der Waals surface area contributed by atoms with Crippen LogP contribution in [0.3, 0.4) is 0 Å². The molecule has 0 saturated carbocycles. The van der Waals surface area contributed by atoms with Gasteiger partial charge in [0.05, 0.1) is 11.3 Å². The summed E-state index contributed by atoms with van der Waals surface area (Å²) in [5.41, 5.74) is 16.0. The molecule has 27 heavy (non-hydrogen) atoms. The number of nitrogens with zero attached hydrogens (tertiary/aromatic N) is 4. The number of amides is 1. The van der Waals surface area contributed by atoms with E-state index in [1.165, 1.54) is 0 Å². The van der Waals surface area contributed by atoms with Gasteiger partial charge in [0, 0.05) is 16.6 Å². The van der Waals surface area contributed by atoms with Gasteiger partial charge in [-0.1, -0.05) is 6.07 Å². The number of hydrogen-bond acceptors (Lipinski definition) is 5. The molecule has 4 rings (SSSR count). The van der Waals surface area contributed by atoms with E-state index >= 15 is 0 Å². The van der Waals surface area contributed by atoms with Crippen molar-refractivity contribution in [1.82, 2.24) is 19.2 Å². The molecular formula is C18H17ClN6O2. The lowest BCUT2D eigenvalue weighted by Gasteiger charge is -2.16. The molecule has 0 aliphatic heterocycles. The first-order chi connectivity index (χ1) is 12.7. The zero-order chi connectivity index (χ0) is 19.6. The number of anilines is 1. The summed E-state index contributed by atoms with van der Waals surface area (Å²) < 4.78 is 3.26. The molecule has 0 unspecified atom stereocenters. The molecule has 0 spiro atoms. The van der Waals surface area contributed by atoms with Gasteiger partial charge in [-0.25, -0.2) is 4.52 Å². The first kappa shape index (κ1) is 17.2. The third kappa shape index (κ3) is 2.26. The highest BCUT2D eigenvalue weighted by Gasteiger charge is 2.26. The lowest BCUT2D eigenvalue weighted by atomic mass is 10.1.